The number of alkyl halides is 1. The van der Waals surface area contributed by atoms with Gasteiger partial charge in [-0.05, 0) is 13.8 Å². The largest absolute Gasteiger partial charge is 0.506 e. The van der Waals surface area contributed by atoms with Crippen LogP contribution in [-0.2, 0) is 9.53 Å². The molecule has 9 heteroatoms. The van der Waals surface area contributed by atoms with Crippen LogP contribution in [0.2, 0.25) is 15.2 Å². The van der Waals surface area contributed by atoms with Gasteiger partial charge in [-0.15, -0.1) is 0 Å². The fourth-order valence-electron chi connectivity index (χ4n) is 1.92. The Hall–Kier alpha value is -1.37. The van der Waals surface area contributed by atoms with E-state index in [1.54, 1.807) is 6.92 Å². The lowest BCUT2D eigenvalue weighted by Crippen LogP contribution is -2.12. The van der Waals surface area contributed by atoms with Gasteiger partial charge in [0, 0.05) is 12.6 Å². The van der Waals surface area contributed by atoms with Crippen LogP contribution < -0.4 is 0 Å². The first-order valence-corrected chi connectivity index (χ1v) is 8.20. The summed E-state index contributed by atoms with van der Waals surface area (Å²) >= 11 is 17.9. The van der Waals surface area contributed by atoms with Gasteiger partial charge >= 0.3 is 5.97 Å². The molecule has 2 atom stereocenters. The van der Waals surface area contributed by atoms with Crippen molar-refractivity contribution in [2.24, 2.45) is 4.99 Å². The third-order valence-corrected chi connectivity index (χ3v) is 4.50. The Balaban J connectivity index is 2.55. The van der Waals surface area contributed by atoms with E-state index in [4.69, 9.17) is 39.5 Å². The third kappa shape index (κ3) is 3.99. The van der Waals surface area contributed by atoms with Crippen molar-refractivity contribution >= 4 is 52.7 Å². The molecule has 2 rings (SSSR count). The molecule has 0 saturated heterocycles. The number of aliphatic hydroxyl groups excluding tert-OH is 1. The molecule has 0 unspecified atom stereocenters. The van der Waals surface area contributed by atoms with Crippen LogP contribution in [0.1, 0.15) is 24.6 Å². The normalized spacial score (nSPS) is 20.9. The first-order valence-electron chi connectivity index (χ1n) is 7.06. The first kappa shape index (κ1) is 19.0. The fourth-order valence-corrected chi connectivity index (χ4v) is 2.64. The number of ether oxygens (including phenoxy) is 1. The number of hydrogen-bond donors (Lipinski definition) is 1. The summed E-state index contributed by atoms with van der Waals surface area (Å²) < 4.78 is 17.8. The summed E-state index contributed by atoms with van der Waals surface area (Å²) in [6.07, 6.45) is 0.320. The minimum Gasteiger partial charge on any atom is -0.506 e. The van der Waals surface area contributed by atoms with Crippen molar-refractivity contribution < 1.29 is 19.0 Å². The van der Waals surface area contributed by atoms with Crippen molar-refractivity contribution in [3.8, 4) is 0 Å². The van der Waals surface area contributed by atoms with E-state index in [9.17, 15) is 14.3 Å². The van der Waals surface area contributed by atoms with Crippen molar-refractivity contribution in [2.45, 2.75) is 32.5 Å². The summed E-state index contributed by atoms with van der Waals surface area (Å²) in [6, 6.07) is -0.522. The Morgan fingerprint density at radius 3 is 2.62 bits per heavy atom. The van der Waals surface area contributed by atoms with E-state index in [2.05, 4.69) is 9.98 Å². The molecule has 0 bridgehead atoms. The number of nitrogens with zero attached hydrogens (tertiary/aromatic N) is 2. The van der Waals surface area contributed by atoms with E-state index >= 15 is 0 Å². The van der Waals surface area contributed by atoms with Crippen LogP contribution >= 0.6 is 34.8 Å². The number of aryl methyl sites for hydroxylation is 1. The zero-order valence-corrected chi connectivity index (χ0v) is 15.1. The van der Waals surface area contributed by atoms with E-state index in [0.29, 0.717) is 0 Å². The van der Waals surface area contributed by atoms with Crippen LogP contribution in [0.5, 0.6) is 0 Å². The number of hydrogen-bond acceptors (Lipinski definition) is 5. The van der Waals surface area contributed by atoms with Gasteiger partial charge in [-0.25, -0.2) is 14.2 Å². The number of aliphatic imine (C=N–C) groups is 1. The second-order valence-electron chi connectivity index (χ2n) is 5.07. The highest BCUT2D eigenvalue weighted by atomic mass is 35.5. The molecule has 130 valence electrons. The molecule has 1 aromatic heterocycles. The topological polar surface area (TPSA) is 71.8 Å². The molecule has 5 nitrogen and oxygen atoms in total. The standard InChI is InChI=1S/C15H14Cl3FN2O3/c1-3-24-15(23)7(5-20-9-4-8(9)19)13(22)10-6(2)21-14(18)12(17)11(10)16/h5,8-9,22H,3-4H2,1-2H3/t8-,9+/m0/s1. The first-order chi connectivity index (χ1) is 11.3. The molecule has 0 aliphatic heterocycles. The van der Waals surface area contributed by atoms with E-state index in [0.717, 1.165) is 6.21 Å². The molecular formula is C15H14Cl3FN2O3. The van der Waals surface area contributed by atoms with Gasteiger partial charge in [-0.1, -0.05) is 34.8 Å². The minimum absolute atomic E-state index is 0.0275. The Bertz CT molecular complexity index is 737. The van der Waals surface area contributed by atoms with E-state index in [1.165, 1.54) is 6.92 Å². The highest BCUT2D eigenvalue weighted by molar-refractivity contribution is 6.48. The Labute approximate surface area is 153 Å². The van der Waals surface area contributed by atoms with Gasteiger partial charge in [0.1, 0.15) is 22.7 Å². The number of esters is 1. The van der Waals surface area contributed by atoms with Crippen molar-refractivity contribution in [2.75, 3.05) is 6.61 Å². The second kappa shape index (κ2) is 7.68. The van der Waals surface area contributed by atoms with Gasteiger partial charge < -0.3 is 9.84 Å². The summed E-state index contributed by atoms with van der Waals surface area (Å²) in [5.41, 5.74) is 0.0335. The maximum absolute atomic E-state index is 13.0. The lowest BCUT2D eigenvalue weighted by atomic mass is 10.1. The van der Waals surface area contributed by atoms with Crippen LogP contribution in [0, 0.1) is 6.92 Å². The van der Waals surface area contributed by atoms with Gasteiger partial charge in [0.25, 0.3) is 0 Å². The van der Waals surface area contributed by atoms with E-state index in [-0.39, 0.29) is 45.1 Å². The molecule has 1 N–H and O–H groups in total. The lowest BCUT2D eigenvalue weighted by molar-refractivity contribution is -0.137. The van der Waals surface area contributed by atoms with Gasteiger partial charge in [-0.2, -0.15) is 0 Å². The van der Waals surface area contributed by atoms with Gasteiger partial charge in [0.05, 0.1) is 34.0 Å². The molecule has 1 aliphatic carbocycles. The molecule has 1 fully saturated rings. The molecule has 1 heterocycles. The maximum atomic E-state index is 13.0. The Kier molecular flexibility index (Phi) is 6.06. The fraction of sp³-hybridized carbons (Fsp3) is 0.400. The summed E-state index contributed by atoms with van der Waals surface area (Å²) in [5.74, 6) is -1.34. The van der Waals surface area contributed by atoms with Crippen LogP contribution in [-0.4, -0.2) is 41.1 Å². The number of carbonyl (C=O) groups is 1. The van der Waals surface area contributed by atoms with Gasteiger partial charge in [-0.3, -0.25) is 4.99 Å². The zero-order chi connectivity index (χ0) is 18.0. The van der Waals surface area contributed by atoms with Crippen LogP contribution in [0.3, 0.4) is 0 Å². The minimum atomic E-state index is -1.04. The SMILES string of the molecule is CCOC(=O)C(C=N[C@@H]1C[C@@H]1F)=C(O)c1c(C)nc(Cl)c(Cl)c1Cl. The summed E-state index contributed by atoms with van der Waals surface area (Å²) in [6.45, 7) is 3.24. The van der Waals surface area contributed by atoms with Crippen molar-refractivity contribution in [3.05, 3.63) is 32.0 Å². The molecule has 0 spiro atoms. The monoisotopic (exact) mass is 394 g/mol. The van der Waals surface area contributed by atoms with Crippen LogP contribution in [0.4, 0.5) is 4.39 Å². The lowest BCUT2D eigenvalue weighted by Gasteiger charge is -2.12. The predicted molar refractivity (Wildman–Crippen MR) is 92.0 cm³/mol. The summed E-state index contributed by atoms with van der Waals surface area (Å²) in [5, 5.41) is 10.4. The molecule has 1 saturated carbocycles. The van der Waals surface area contributed by atoms with E-state index < -0.39 is 23.9 Å². The molecular weight excluding hydrogens is 382 g/mol. The quantitative estimate of drug-likeness (QED) is 0.264. The van der Waals surface area contributed by atoms with Crippen molar-refractivity contribution in [3.63, 3.8) is 0 Å². The molecule has 24 heavy (non-hydrogen) atoms. The summed E-state index contributed by atoms with van der Waals surface area (Å²) in [4.78, 5) is 20.0. The third-order valence-electron chi connectivity index (χ3n) is 3.28. The number of pyridine rings is 1. The number of carbonyl (C=O) groups excluding carboxylic acids is 1. The van der Waals surface area contributed by atoms with Gasteiger partial charge in [0.15, 0.2) is 0 Å². The van der Waals surface area contributed by atoms with Crippen LogP contribution in [0.25, 0.3) is 5.76 Å². The summed E-state index contributed by atoms with van der Waals surface area (Å²) in [7, 11) is 0. The highest BCUT2D eigenvalue weighted by Crippen LogP contribution is 2.37. The zero-order valence-electron chi connectivity index (χ0n) is 12.8. The average molecular weight is 396 g/mol. The maximum Gasteiger partial charge on any atom is 0.343 e. The number of aromatic nitrogens is 1. The molecule has 0 aromatic carbocycles. The number of halogens is 4. The molecule has 0 amide bonds. The average Bonchev–Trinajstić information content (AvgIpc) is 3.21. The molecule has 1 aliphatic rings. The predicted octanol–water partition coefficient (Wildman–Crippen LogP) is 4.36. The van der Waals surface area contributed by atoms with Crippen molar-refractivity contribution in [1.29, 1.82) is 0 Å². The molecule has 0 radical (unpaired) electrons. The highest BCUT2D eigenvalue weighted by Gasteiger charge is 2.37. The van der Waals surface area contributed by atoms with Gasteiger partial charge in [0.2, 0.25) is 0 Å². The number of aliphatic hydroxyl groups is 1. The molecule has 1 aromatic rings. The van der Waals surface area contributed by atoms with E-state index in [1.807, 2.05) is 0 Å². The Morgan fingerprint density at radius 1 is 1.46 bits per heavy atom. The van der Waals surface area contributed by atoms with Crippen molar-refractivity contribution in [1.82, 2.24) is 4.98 Å². The smallest absolute Gasteiger partial charge is 0.343 e. The van der Waals surface area contributed by atoms with Crippen LogP contribution in [0.15, 0.2) is 10.6 Å². The second-order valence-corrected chi connectivity index (χ2v) is 6.18. The Morgan fingerprint density at radius 2 is 2.08 bits per heavy atom. The number of rotatable bonds is 5.